The third kappa shape index (κ3) is 3.46. The van der Waals surface area contributed by atoms with E-state index in [9.17, 15) is 20.1 Å². The number of hydrogen-bond acceptors (Lipinski definition) is 8. The van der Waals surface area contributed by atoms with Crippen LogP contribution in [-0.4, -0.2) is 70.6 Å². The van der Waals surface area contributed by atoms with Crippen molar-refractivity contribution in [1.29, 1.82) is 0 Å². The number of carbonyl (C=O) groups excluding carboxylic acids is 1. The number of ketones is 1. The van der Waals surface area contributed by atoms with Gasteiger partial charge < -0.3 is 34.6 Å². The molecule has 1 saturated heterocycles. The fraction of sp³-hybridized carbons (Fsp3) is 0.533. The molecule has 0 saturated carbocycles. The Hall–Kier alpha value is -1.71. The van der Waals surface area contributed by atoms with E-state index in [2.05, 4.69) is 0 Å². The summed E-state index contributed by atoms with van der Waals surface area (Å²) >= 11 is 0. The van der Waals surface area contributed by atoms with E-state index in [1.165, 1.54) is 20.1 Å². The van der Waals surface area contributed by atoms with Crippen LogP contribution in [-0.2, 0) is 4.74 Å². The van der Waals surface area contributed by atoms with Crippen LogP contribution in [0.4, 0.5) is 0 Å². The number of carbonyl (C=O) groups is 1. The van der Waals surface area contributed by atoms with Crippen LogP contribution < -0.4 is 9.47 Å². The number of benzene rings is 1. The van der Waals surface area contributed by atoms with Crippen molar-refractivity contribution in [2.24, 2.45) is 0 Å². The Bertz CT molecular complexity index is 558. The summed E-state index contributed by atoms with van der Waals surface area (Å²) in [4.78, 5) is 11.8. The molecule has 2 rings (SSSR count). The van der Waals surface area contributed by atoms with Gasteiger partial charge in [0.25, 0.3) is 0 Å². The minimum atomic E-state index is -1.56. The van der Waals surface area contributed by atoms with Crippen LogP contribution in [0.1, 0.15) is 17.3 Å². The summed E-state index contributed by atoms with van der Waals surface area (Å²) in [5.41, 5.74) is 0.159. The molecular weight excluding hydrogens is 308 g/mol. The van der Waals surface area contributed by atoms with Gasteiger partial charge in [-0.05, 0) is 19.1 Å². The van der Waals surface area contributed by atoms with Gasteiger partial charge in [-0.2, -0.15) is 0 Å². The quantitative estimate of drug-likeness (QED) is 0.511. The Morgan fingerprint density at radius 3 is 2.39 bits per heavy atom. The lowest BCUT2D eigenvalue weighted by Gasteiger charge is -2.39. The summed E-state index contributed by atoms with van der Waals surface area (Å²) in [6.45, 7) is 0.764. The van der Waals surface area contributed by atoms with Crippen LogP contribution >= 0.6 is 0 Å². The summed E-state index contributed by atoms with van der Waals surface area (Å²) in [6, 6.07) is 4.65. The van der Waals surface area contributed by atoms with Crippen LogP contribution in [0.15, 0.2) is 18.2 Å². The number of methoxy groups -OCH3 is 1. The Kier molecular flexibility index (Phi) is 5.55. The highest BCUT2D eigenvalue weighted by molar-refractivity contribution is 5.99. The normalized spacial score (nSPS) is 30.8. The second-order valence-electron chi connectivity index (χ2n) is 5.20. The lowest BCUT2D eigenvalue weighted by atomic mass is 9.99. The molecule has 1 aromatic rings. The minimum absolute atomic E-state index is 0.0983. The van der Waals surface area contributed by atoms with Gasteiger partial charge in [0.1, 0.15) is 41.5 Å². The molecule has 5 atom stereocenters. The fourth-order valence-corrected chi connectivity index (χ4v) is 2.42. The first-order valence-electron chi connectivity index (χ1n) is 7.05. The van der Waals surface area contributed by atoms with E-state index in [0.29, 0.717) is 5.75 Å². The smallest absolute Gasteiger partial charge is 0.229 e. The standard InChI is InChI=1S/C15H20O8/c1-7(17)11-8(21-2)4-3-5-9(11)22-15-14(20)13(19)12(18)10(6-16)23-15/h3-5,10,12-16,18-20H,6H2,1-2H3/t10-,12-,13+,14-,15-/m0/s1. The Morgan fingerprint density at radius 1 is 1.17 bits per heavy atom. The zero-order chi connectivity index (χ0) is 17.1. The molecule has 8 heteroatoms. The number of Topliss-reactive ketones (excluding diaryl/α,β-unsaturated/α-hetero) is 1. The Morgan fingerprint density at radius 2 is 1.83 bits per heavy atom. The molecule has 1 heterocycles. The summed E-state index contributed by atoms with van der Waals surface area (Å²) in [5, 5.41) is 38.7. The van der Waals surface area contributed by atoms with Crippen LogP contribution in [0.3, 0.4) is 0 Å². The number of rotatable bonds is 5. The monoisotopic (exact) mass is 328 g/mol. The molecule has 0 aromatic heterocycles. The van der Waals surface area contributed by atoms with Crippen molar-refractivity contribution in [3.05, 3.63) is 23.8 Å². The average molecular weight is 328 g/mol. The van der Waals surface area contributed by atoms with Crippen molar-refractivity contribution in [1.82, 2.24) is 0 Å². The maximum atomic E-state index is 11.8. The first-order valence-corrected chi connectivity index (χ1v) is 7.05. The summed E-state index contributed by atoms with van der Waals surface area (Å²) in [7, 11) is 1.40. The Labute approximate surface area is 132 Å². The number of aliphatic hydroxyl groups is 4. The molecule has 1 fully saturated rings. The zero-order valence-electron chi connectivity index (χ0n) is 12.7. The molecule has 1 aliphatic rings. The van der Waals surface area contributed by atoms with E-state index < -0.39 is 37.3 Å². The highest BCUT2D eigenvalue weighted by atomic mass is 16.7. The van der Waals surface area contributed by atoms with Gasteiger partial charge >= 0.3 is 0 Å². The van der Waals surface area contributed by atoms with Gasteiger partial charge in [0.05, 0.1) is 13.7 Å². The molecule has 0 spiro atoms. The predicted octanol–water partition coefficient (Wildman–Crippen LogP) is -0.924. The van der Waals surface area contributed by atoms with Gasteiger partial charge in [-0.3, -0.25) is 4.79 Å². The van der Waals surface area contributed by atoms with E-state index in [-0.39, 0.29) is 17.1 Å². The van der Waals surface area contributed by atoms with Crippen molar-refractivity contribution < 1.29 is 39.4 Å². The molecule has 1 aliphatic heterocycles. The summed E-state index contributed by atoms with van der Waals surface area (Å²) in [5.74, 6) is 0.0720. The number of ether oxygens (including phenoxy) is 3. The highest BCUT2D eigenvalue weighted by Crippen LogP contribution is 2.32. The van der Waals surface area contributed by atoms with Gasteiger partial charge in [-0.15, -0.1) is 0 Å². The van der Waals surface area contributed by atoms with E-state index >= 15 is 0 Å². The molecule has 4 N–H and O–H groups in total. The Balaban J connectivity index is 2.29. The van der Waals surface area contributed by atoms with Crippen LogP contribution in [0.25, 0.3) is 0 Å². The molecule has 8 nitrogen and oxygen atoms in total. The fourth-order valence-electron chi connectivity index (χ4n) is 2.42. The molecule has 23 heavy (non-hydrogen) atoms. The molecule has 0 radical (unpaired) electrons. The maximum Gasteiger partial charge on any atom is 0.229 e. The third-order valence-corrected chi connectivity index (χ3v) is 3.65. The predicted molar refractivity (Wildman–Crippen MR) is 77.4 cm³/mol. The first kappa shape index (κ1) is 17.6. The van der Waals surface area contributed by atoms with Crippen LogP contribution in [0.5, 0.6) is 11.5 Å². The van der Waals surface area contributed by atoms with Crippen molar-refractivity contribution in [3.8, 4) is 11.5 Å². The minimum Gasteiger partial charge on any atom is -0.496 e. The summed E-state index contributed by atoms with van der Waals surface area (Å²) in [6.07, 6.45) is -7.05. The lowest BCUT2D eigenvalue weighted by molar-refractivity contribution is -0.277. The highest BCUT2D eigenvalue weighted by Gasteiger charge is 2.45. The van der Waals surface area contributed by atoms with E-state index in [4.69, 9.17) is 19.3 Å². The molecule has 1 aromatic carbocycles. The van der Waals surface area contributed by atoms with E-state index in [1.54, 1.807) is 12.1 Å². The van der Waals surface area contributed by atoms with Gasteiger partial charge in [0, 0.05) is 0 Å². The second-order valence-corrected chi connectivity index (χ2v) is 5.20. The van der Waals surface area contributed by atoms with Gasteiger partial charge in [-0.1, -0.05) is 6.07 Å². The number of hydrogen-bond donors (Lipinski definition) is 4. The van der Waals surface area contributed by atoms with Crippen LogP contribution in [0.2, 0.25) is 0 Å². The first-order chi connectivity index (χ1) is 10.9. The zero-order valence-corrected chi connectivity index (χ0v) is 12.7. The van der Waals surface area contributed by atoms with Gasteiger partial charge in [0.15, 0.2) is 5.78 Å². The van der Waals surface area contributed by atoms with Gasteiger partial charge in [-0.25, -0.2) is 0 Å². The molecule has 128 valence electrons. The van der Waals surface area contributed by atoms with Crippen molar-refractivity contribution >= 4 is 5.78 Å². The molecular formula is C15H20O8. The topological polar surface area (TPSA) is 126 Å². The van der Waals surface area contributed by atoms with Crippen molar-refractivity contribution in [2.45, 2.75) is 37.6 Å². The molecule has 0 bridgehead atoms. The molecule has 0 unspecified atom stereocenters. The van der Waals surface area contributed by atoms with Crippen molar-refractivity contribution in [3.63, 3.8) is 0 Å². The SMILES string of the molecule is COc1cccc(O[C@H]2O[C@@H](CO)[C@H](O)[C@@H](O)[C@@H]2O)c1C(C)=O. The average Bonchev–Trinajstić information content (AvgIpc) is 2.54. The van der Waals surface area contributed by atoms with Crippen molar-refractivity contribution in [2.75, 3.05) is 13.7 Å². The lowest BCUT2D eigenvalue weighted by Crippen LogP contribution is -2.60. The van der Waals surface area contributed by atoms with E-state index in [0.717, 1.165) is 0 Å². The second kappa shape index (κ2) is 7.24. The van der Waals surface area contributed by atoms with Gasteiger partial charge in [0.2, 0.25) is 6.29 Å². The largest absolute Gasteiger partial charge is 0.496 e. The maximum absolute atomic E-state index is 11.8. The molecule has 0 amide bonds. The summed E-state index contributed by atoms with van der Waals surface area (Å²) < 4.78 is 15.9. The number of aliphatic hydroxyl groups excluding tert-OH is 4. The van der Waals surface area contributed by atoms with Crippen LogP contribution in [0, 0.1) is 0 Å². The third-order valence-electron chi connectivity index (χ3n) is 3.65. The van der Waals surface area contributed by atoms with E-state index in [1.807, 2.05) is 0 Å². The molecule has 0 aliphatic carbocycles.